The lowest BCUT2D eigenvalue weighted by Gasteiger charge is -2.00. The Morgan fingerprint density at radius 3 is 2.87 bits per heavy atom. The van der Waals surface area contributed by atoms with Crippen LogP contribution >= 0.6 is 0 Å². The van der Waals surface area contributed by atoms with E-state index < -0.39 is 0 Å². The lowest BCUT2D eigenvalue weighted by molar-refractivity contribution is -0.413. The number of aryl methyl sites for hydroxylation is 1. The first-order chi connectivity index (χ1) is 7.08. The maximum atomic E-state index is 9.47. The number of aromatic hydroxyl groups is 1. The minimum Gasteiger partial charge on any atom is -0.508 e. The molecule has 0 bridgehead atoms. The highest BCUT2D eigenvalue weighted by Gasteiger charge is 2.09. The first-order valence-electron chi connectivity index (χ1n) is 5.18. The molecule has 0 spiro atoms. The maximum Gasteiger partial charge on any atom is 0.116 e. The number of phenols is 1. The molecule has 4 N–H and O–H groups in total. The number of rotatable bonds is 2. The fourth-order valence-corrected chi connectivity index (χ4v) is 2.00. The summed E-state index contributed by atoms with van der Waals surface area (Å²) in [5.74, 6) is 0.326. The number of aromatic nitrogens is 1. The van der Waals surface area contributed by atoms with Crippen molar-refractivity contribution in [2.75, 3.05) is 0 Å². The van der Waals surface area contributed by atoms with E-state index in [4.69, 9.17) is 0 Å². The Bertz CT molecular complexity index is 486. The van der Waals surface area contributed by atoms with Crippen molar-refractivity contribution < 1.29 is 10.8 Å². The van der Waals surface area contributed by atoms with Gasteiger partial charge in [-0.3, -0.25) is 0 Å². The highest BCUT2D eigenvalue weighted by Crippen LogP contribution is 2.25. The van der Waals surface area contributed by atoms with Crippen LogP contribution in [0.3, 0.4) is 0 Å². The van der Waals surface area contributed by atoms with Gasteiger partial charge in [0.25, 0.3) is 0 Å². The average molecular weight is 205 g/mol. The van der Waals surface area contributed by atoms with Crippen molar-refractivity contribution in [3.8, 4) is 5.75 Å². The van der Waals surface area contributed by atoms with Gasteiger partial charge < -0.3 is 15.4 Å². The Hall–Kier alpha value is -1.48. The number of hydrogen-bond donors (Lipinski definition) is 2. The third-order valence-electron chi connectivity index (χ3n) is 2.62. The highest BCUT2D eigenvalue weighted by molar-refractivity contribution is 5.85. The van der Waals surface area contributed by atoms with Gasteiger partial charge in [0.05, 0.1) is 6.04 Å². The van der Waals surface area contributed by atoms with E-state index in [1.54, 1.807) is 6.07 Å². The number of benzene rings is 1. The first kappa shape index (κ1) is 10.1. The van der Waals surface area contributed by atoms with E-state index >= 15 is 0 Å². The summed E-state index contributed by atoms with van der Waals surface area (Å²) in [7, 11) is 2.02. The first-order valence-corrected chi connectivity index (χ1v) is 5.18. The van der Waals surface area contributed by atoms with E-state index in [-0.39, 0.29) is 0 Å². The Labute approximate surface area is 89.1 Å². The molecule has 0 aliphatic carbocycles. The molecule has 1 heterocycles. The zero-order valence-electron chi connectivity index (χ0n) is 9.20. The minimum absolute atomic E-state index is 0.326. The molecule has 0 fully saturated rings. The lowest BCUT2D eigenvalue weighted by atomic mass is 10.1. The van der Waals surface area contributed by atoms with E-state index in [0.29, 0.717) is 11.8 Å². The van der Waals surface area contributed by atoms with Crippen LogP contribution < -0.4 is 5.73 Å². The van der Waals surface area contributed by atoms with Crippen LogP contribution in [0.4, 0.5) is 0 Å². The molecule has 1 atom stereocenters. The molecule has 80 valence electrons. The quantitative estimate of drug-likeness (QED) is 0.756. The Balaban J connectivity index is 2.59. The smallest absolute Gasteiger partial charge is 0.116 e. The SMILES string of the molecule is C[C@@H]([NH3+])Cc1cn(C)c2ccc(O)cc12. The largest absolute Gasteiger partial charge is 0.508 e. The van der Waals surface area contributed by atoms with Gasteiger partial charge in [0.2, 0.25) is 0 Å². The molecule has 0 saturated heterocycles. The molecule has 0 unspecified atom stereocenters. The normalized spacial score (nSPS) is 13.3. The molecule has 1 aromatic heterocycles. The van der Waals surface area contributed by atoms with Crippen LogP contribution in [0.2, 0.25) is 0 Å². The minimum atomic E-state index is 0.326. The second kappa shape index (κ2) is 3.59. The predicted molar refractivity (Wildman–Crippen MR) is 60.6 cm³/mol. The molecule has 0 radical (unpaired) electrons. The van der Waals surface area contributed by atoms with Crippen molar-refractivity contribution in [2.24, 2.45) is 7.05 Å². The Morgan fingerprint density at radius 2 is 2.20 bits per heavy atom. The molecule has 0 amide bonds. The summed E-state index contributed by atoms with van der Waals surface area (Å²) >= 11 is 0. The molecular formula is C12H17N2O+. The van der Waals surface area contributed by atoms with Crippen molar-refractivity contribution in [2.45, 2.75) is 19.4 Å². The third-order valence-corrected chi connectivity index (χ3v) is 2.62. The second-order valence-electron chi connectivity index (χ2n) is 4.28. The van der Waals surface area contributed by atoms with Crippen molar-refractivity contribution in [3.05, 3.63) is 30.0 Å². The van der Waals surface area contributed by atoms with Crippen LogP contribution in [0.1, 0.15) is 12.5 Å². The number of nitrogens with zero attached hydrogens (tertiary/aromatic N) is 1. The summed E-state index contributed by atoms with van der Waals surface area (Å²) in [6, 6.07) is 5.88. The van der Waals surface area contributed by atoms with Gasteiger partial charge in [0.15, 0.2) is 0 Å². The van der Waals surface area contributed by atoms with E-state index in [0.717, 1.165) is 17.3 Å². The van der Waals surface area contributed by atoms with Crippen LogP contribution in [0.5, 0.6) is 5.75 Å². The van der Waals surface area contributed by atoms with Crippen LogP contribution in [0, 0.1) is 0 Å². The van der Waals surface area contributed by atoms with E-state index in [1.807, 2.05) is 19.2 Å². The van der Waals surface area contributed by atoms with Gasteiger partial charge in [-0.25, -0.2) is 0 Å². The van der Waals surface area contributed by atoms with E-state index in [9.17, 15) is 5.11 Å². The average Bonchev–Trinajstić information content (AvgIpc) is 2.42. The van der Waals surface area contributed by atoms with Gasteiger partial charge >= 0.3 is 0 Å². The second-order valence-corrected chi connectivity index (χ2v) is 4.28. The van der Waals surface area contributed by atoms with Crippen molar-refractivity contribution in [1.82, 2.24) is 4.57 Å². The molecule has 0 aliphatic heterocycles. The number of quaternary nitrogens is 1. The summed E-state index contributed by atoms with van der Waals surface area (Å²) < 4.78 is 2.09. The van der Waals surface area contributed by atoms with Crippen LogP contribution in [-0.2, 0) is 13.5 Å². The van der Waals surface area contributed by atoms with Gasteiger partial charge in [-0.05, 0) is 30.7 Å². The molecule has 1 aromatic carbocycles. The fraction of sp³-hybridized carbons (Fsp3) is 0.333. The number of hydrogen-bond acceptors (Lipinski definition) is 1. The molecule has 0 saturated carbocycles. The molecule has 2 rings (SSSR count). The lowest BCUT2D eigenvalue weighted by Crippen LogP contribution is -2.60. The molecule has 0 aliphatic rings. The van der Waals surface area contributed by atoms with Crippen LogP contribution in [-0.4, -0.2) is 15.7 Å². The van der Waals surface area contributed by atoms with Gasteiger partial charge in [0.1, 0.15) is 5.75 Å². The molecule has 3 nitrogen and oxygen atoms in total. The monoisotopic (exact) mass is 205 g/mol. The molecule has 3 heteroatoms. The summed E-state index contributed by atoms with van der Waals surface area (Å²) in [5, 5.41) is 10.6. The summed E-state index contributed by atoms with van der Waals surface area (Å²) in [4.78, 5) is 0. The van der Waals surface area contributed by atoms with Gasteiger partial charge in [-0.1, -0.05) is 0 Å². The van der Waals surface area contributed by atoms with Gasteiger partial charge in [-0.2, -0.15) is 0 Å². The Kier molecular flexibility index (Phi) is 2.40. The fourth-order valence-electron chi connectivity index (χ4n) is 2.00. The van der Waals surface area contributed by atoms with Crippen molar-refractivity contribution >= 4 is 10.9 Å². The van der Waals surface area contributed by atoms with Crippen molar-refractivity contribution in [1.29, 1.82) is 0 Å². The summed E-state index contributed by atoms with van der Waals surface area (Å²) in [6.45, 7) is 2.10. The maximum absolute atomic E-state index is 9.47. The number of fused-ring (bicyclic) bond motifs is 1. The zero-order chi connectivity index (χ0) is 11.0. The molecule has 2 aromatic rings. The van der Waals surface area contributed by atoms with E-state index in [1.165, 1.54) is 5.56 Å². The zero-order valence-corrected chi connectivity index (χ0v) is 9.20. The van der Waals surface area contributed by atoms with E-state index in [2.05, 4.69) is 23.4 Å². The highest BCUT2D eigenvalue weighted by atomic mass is 16.3. The Morgan fingerprint density at radius 1 is 1.47 bits per heavy atom. The standard InChI is InChI=1S/C12H16N2O/c1-8(13)5-9-7-14(2)12-4-3-10(15)6-11(9)12/h3-4,6-8,15H,5,13H2,1-2H3/p+1/t8-/m1/s1. The molecular weight excluding hydrogens is 188 g/mol. The summed E-state index contributed by atoms with van der Waals surface area (Å²) in [6.07, 6.45) is 3.06. The number of phenolic OH excluding ortho intramolecular Hbond substituents is 1. The summed E-state index contributed by atoms with van der Waals surface area (Å²) in [5.41, 5.74) is 6.41. The third kappa shape index (κ3) is 1.83. The molecule has 15 heavy (non-hydrogen) atoms. The van der Waals surface area contributed by atoms with Crippen LogP contribution in [0.25, 0.3) is 10.9 Å². The van der Waals surface area contributed by atoms with Gasteiger partial charge in [0, 0.05) is 30.6 Å². The predicted octanol–water partition coefficient (Wildman–Crippen LogP) is 1.06. The van der Waals surface area contributed by atoms with Crippen LogP contribution in [0.15, 0.2) is 24.4 Å². The topological polar surface area (TPSA) is 52.8 Å². The van der Waals surface area contributed by atoms with Gasteiger partial charge in [-0.15, -0.1) is 0 Å². The van der Waals surface area contributed by atoms with Crippen molar-refractivity contribution in [3.63, 3.8) is 0 Å².